The highest BCUT2D eigenvalue weighted by molar-refractivity contribution is 5.81. The molecule has 2 N–H and O–H groups in total. The fraction of sp³-hybridized carbons (Fsp3) is 0.278. The lowest BCUT2D eigenvalue weighted by molar-refractivity contribution is -0.136. The van der Waals surface area contributed by atoms with Crippen LogP contribution >= 0.6 is 0 Å². The lowest BCUT2D eigenvalue weighted by Gasteiger charge is -2.20. The lowest BCUT2D eigenvalue weighted by Crippen LogP contribution is -2.30. The first kappa shape index (κ1) is 14.6. The van der Waals surface area contributed by atoms with Gasteiger partial charge in [-0.3, -0.25) is 10.0 Å². The molecule has 1 unspecified atom stereocenters. The van der Waals surface area contributed by atoms with Crippen molar-refractivity contribution in [1.29, 1.82) is 0 Å². The third-order valence-corrected chi connectivity index (χ3v) is 4.17. The molecule has 4 nitrogen and oxygen atoms in total. The average Bonchev–Trinajstić information content (AvgIpc) is 3.05. The summed E-state index contributed by atoms with van der Waals surface area (Å²) in [6, 6.07) is 13.1. The summed E-state index contributed by atoms with van der Waals surface area (Å²) in [5.41, 5.74) is 6.19. The van der Waals surface area contributed by atoms with Crippen molar-refractivity contribution in [3.8, 4) is 5.75 Å². The number of amides is 1. The number of fused-ring (bicyclic) bond motifs is 1. The van der Waals surface area contributed by atoms with E-state index in [1.807, 2.05) is 42.5 Å². The first-order chi connectivity index (χ1) is 10.7. The quantitative estimate of drug-likeness (QED) is 0.673. The summed E-state index contributed by atoms with van der Waals surface area (Å²) in [5.74, 6) is 0.161. The van der Waals surface area contributed by atoms with Crippen molar-refractivity contribution in [2.24, 2.45) is 0 Å². The van der Waals surface area contributed by atoms with Crippen LogP contribution in [0.3, 0.4) is 0 Å². The Labute approximate surface area is 129 Å². The molecule has 0 bridgehead atoms. The van der Waals surface area contributed by atoms with Crippen LogP contribution in [0.5, 0.6) is 5.75 Å². The van der Waals surface area contributed by atoms with E-state index in [4.69, 9.17) is 9.94 Å². The molecule has 114 valence electrons. The molecular formula is C18H19NO3. The standard InChI is InChI=1S/C18H19NO3/c1-12-10-11-16(15-9-5-8-14(12)15)22-17(18(20)19-21)13-6-3-2-4-7-13/h2-4,6-7,10-11,17,21H,5,8-9H2,1H3,(H,19,20). The van der Waals surface area contributed by atoms with Crippen molar-refractivity contribution >= 4 is 5.91 Å². The molecule has 1 amide bonds. The Bertz CT molecular complexity index is 682. The van der Waals surface area contributed by atoms with Crippen LogP contribution in [0.1, 0.15) is 34.8 Å². The van der Waals surface area contributed by atoms with Crippen LogP contribution in [-0.2, 0) is 17.6 Å². The van der Waals surface area contributed by atoms with E-state index in [9.17, 15) is 4.79 Å². The van der Waals surface area contributed by atoms with Crippen LogP contribution < -0.4 is 10.2 Å². The Hall–Kier alpha value is -2.33. The second-order valence-electron chi connectivity index (χ2n) is 5.58. The van der Waals surface area contributed by atoms with Crippen molar-refractivity contribution in [1.82, 2.24) is 5.48 Å². The van der Waals surface area contributed by atoms with Crippen molar-refractivity contribution in [3.05, 3.63) is 64.7 Å². The second-order valence-corrected chi connectivity index (χ2v) is 5.58. The van der Waals surface area contributed by atoms with Gasteiger partial charge in [-0.15, -0.1) is 0 Å². The van der Waals surface area contributed by atoms with E-state index in [2.05, 4.69) is 6.92 Å². The highest BCUT2D eigenvalue weighted by atomic mass is 16.5. The molecule has 0 saturated heterocycles. The molecule has 4 heteroatoms. The number of nitrogens with one attached hydrogen (secondary N) is 1. The van der Waals surface area contributed by atoms with Crippen molar-refractivity contribution in [2.45, 2.75) is 32.3 Å². The largest absolute Gasteiger partial charge is 0.475 e. The zero-order chi connectivity index (χ0) is 15.5. The zero-order valence-electron chi connectivity index (χ0n) is 12.5. The van der Waals surface area contributed by atoms with E-state index in [1.54, 1.807) is 5.48 Å². The van der Waals surface area contributed by atoms with Crippen LogP contribution in [-0.4, -0.2) is 11.1 Å². The summed E-state index contributed by atoms with van der Waals surface area (Å²) >= 11 is 0. The van der Waals surface area contributed by atoms with E-state index in [1.165, 1.54) is 16.7 Å². The minimum absolute atomic E-state index is 0.571. The molecule has 0 aromatic heterocycles. The molecule has 0 aliphatic heterocycles. The molecule has 3 rings (SSSR count). The Morgan fingerprint density at radius 3 is 2.59 bits per heavy atom. The van der Waals surface area contributed by atoms with E-state index in [0.29, 0.717) is 5.56 Å². The fourth-order valence-corrected chi connectivity index (χ4v) is 3.05. The maximum atomic E-state index is 12.0. The molecule has 0 heterocycles. The topological polar surface area (TPSA) is 58.6 Å². The highest BCUT2D eigenvalue weighted by Gasteiger charge is 2.25. The van der Waals surface area contributed by atoms with Gasteiger partial charge in [0.1, 0.15) is 5.75 Å². The van der Waals surface area contributed by atoms with Gasteiger partial charge in [0.2, 0.25) is 6.10 Å². The summed E-state index contributed by atoms with van der Waals surface area (Å²) < 4.78 is 5.98. The third-order valence-electron chi connectivity index (χ3n) is 4.17. The van der Waals surface area contributed by atoms with Crippen LogP contribution in [0.15, 0.2) is 42.5 Å². The number of hydrogen-bond donors (Lipinski definition) is 2. The van der Waals surface area contributed by atoms with Gasteiger partial charge in [0, 0.05) is 5.56 Å². The molecule has 1 aliphatic rings. The van der Waals surface area contributed by atoms with Gasteiger partial charge < -0.3 is 4.74 Å². The third kappa shape index (κ3) is 2.70. The Morgan fingerprint density at radius 2 is 1.86 bits per heavy atom. The van der Waals surface area contributed by atoms with Gasteiger partial charge >= 0.3 is 0 Å². The van der Waals surface area contributed by atoms with Crippen LogP contribution in [0, 0.1) is 6.92 Å². The predicted octanol–water partition coefficient (Wildman–Crippen LogP) is 3.11. The fourth-order valence-electron chi connectivity index (χ4n) is 3.05. The number of aryl methyl sites for hydroxylation is 1. The van der Waals surface area contributed by atoms with E-state index in [0.717, 1.165) is 25.0 Å². The zero-order valence-corrected chi connectivity index (χ0v) is 12.5. The maximum absolute atomic E-state index is 12.0. The Kier molecular flexibility index (Phi) is 4.11. The number of carbonyl (C=O) groups excluding carboxylic acids is 1. The van der Waals surface area contributed by atoms with Gasteiger partial charge in [0.15, 0.2) is 0 Å². The van der Waals surface area contributed by atoms with Gasteiger partial charge in [-0.1, -0.05) is 36.4 Å². The molecular weight excluding hydrogens is 278 g/mol. The summed E-state index contributed by atoms with van der Waals surface area (Å²) in [6.07, 6.45) is 2.27. The summed E-state index contributed by atoms with van der Waals surface area (Å²) in [6.45, 7) is 2.10. The van der Waals surface area contributed by atoms with Gasteiger partial charge in [0.25, 0.3) is 5.91 Å². The lowest BCUT2D eigenvalue weighted by atomic mass is 10.0. The second kappa shape index (κ2) is 6.20. The van der Waals surface area contributed by atoms with Gasteiger partial charge in [0.05, 0.1) is 0 Å². The van der Waals surface area contributed by atoms with E-state index in [-0.39, 0.29) is 0 Å². The number of hydrogen-bond acceptors (Lipinski definition) is 3. The minimum Gasteiger partial charge on any atom is -0.475 e. The average molecular weight is 297 g/mol. The molecule has 2 aromatic rings. The Balaban J connectivity index is 1.95. The highest BCUT2D eigenvalue weighted by Crippen LogP contribution is 2.35. The van der Waals surface area contributed by atoms with Crippen molar-refractivity contribution < 1.29 is 14.7 Å². The molecule has 0 radical (unpaired) electrons. The number of rotatable bonds is 4. The molecule has 22 heavy (non-hydrogen) atoms. The number of benzene rings is 2. The van der Waals surface area contributed by atoms with E-state index < -0.39 is 12.0 Å². The maximum Gasteiger partial charge on any atom is 0.289 e. The van der Waals surface area contributed by atoms with Crippen LogP contribution in [0.2, 0.25) is 0 Å². The SMILES string of the molecule is Cc1ccc(OC(C(=O)NO)c2ccccc2)c2c1CCC2. The van der Waals surface area contributed by atoms with Gasteiger partial charge in [-0.25, -0.2) is 5.48 Å². The number of hydroxylamine groups is 1. The molecule has 2 aromatic carbocycles. The first-order valence-electron chi connectivity index (χ1n) is 7.47. The molecule has 1 aliphatic carbocycles. The molecule has 0 saturated carbocycles. The molecule has 0 spiro atoms. The van der Waals surface area contributed by atoms with Crippen molar-refractivity contribution in [2.75, 3.05) is 0 Å². The van der Waals surface area contributed by atoms with Crippen molar-refractivity contribution in [3.63, 3.8) is 0 Å². The predicted molar refractivity (Wildman–Crippen MR) is 82.9 cm³/mol. The minimum atomic E-state index is -0.862. The van der Waals surface area contributed by atoms with Crippen LogP contribution in [0.4, 0.5) is 0 Å². The normalized spacial score (nSPS) is 14.3. The number of carbonyl (C=O) groups is 1. The van der Waals surface area contributed by atoms with Gasteiger partial charge in [-0.2, -0.15) is 0 Å². The summed E-state index contributed by atoms with van der Waals surface area (Å²) in [7, 11) is 0. The molecule has 0 fully saturated rings. The summed E-state index contributed by atoms with van der Waals surface area (Å²) in [5, 5.41) is 9.00. The van der Waals surface area contributed by atoms with Gasteiger partial charge in [-0.05, 0) is 48.9 Å². The van der Waals surface area contributed by atoms with E-state index >= 15 is 0 Å². The van der Waals surface area contributed by atoms with Crippen LogP contribution in [0.25, 0.3) is 0 Å². The summed E-state index contributed by atoms with van der Waals surface area (Å²) in [4.78, 5) is 12.0. The monoisotopic (exact) mass is 297 g/mol. The number of ether oxygens (including phenoxy) is 1. The molecule has 1 atom stereocenters. The Morgan fingerprint density at radius 1 is 1.14 bits per heavy atom. The smallest absolute Gasteiger partial charge is 0.289 e. The first-order valence-corrected chi connectivity index (χ1v) is 7.47.